The van der Waals surface area contributed by atoms with Gasteiger partial charge in [-0.05, 0) is 19.8 Å². The molecule has 110 valence electrons. The normalized spacial score (nSPS) is 36.8. The topological polar surface area (TPSA) is 59.6 Å². The Kier molecular flexibility index (Phi) is 4.48. The molecule has 2 N–H and O–H groups in total. The summed E-state index contributed by atoms with van der Waals surface area (Å²) in [5.41, 5.74) is 0.0188. The van der Waals surface area contributed by atoms with Crippen LogP contribution >= 0.6 is 0 Å². The van der Waals surface area contributed by atoms with Crippen molar-refractivity contribution < 1.29 is 14.3 Å². The van der Waals surface area contributed by atoms with Crippen molar-refractivity contribution in [2.75, 3.05) is 20.3 Å². The summed E-state index contributed by atoms with van der Waals surface area (Å²) in [4.78, 5) is 12.2. The van der Waals surface area contributed by atoms with Gasteiger partial charge in [-0.15, -0.1) is 0 Å². The van der Waals surface area contributed by atoms with Crippen molar-refractivity contribution in [1.29, 1.82) is 0 Å². The molecule has 4 unspecified atom stereocenters. The standard InChI is InChI=1S/C14H26N2O3/c1-5-19-12-7-11(14(12,2)3)16-13(17)10-6-9(18-4)8-15-10/h9-12,15H,5-8H2,1-4H3,(H,16,17). The molecule has 1 amide bonds. The van der Waals surface area contributed by atoms with E-state index in [2.05, 4.69) is 24.5 Å². The van der Waals surface area contributed by atoms with Crippen LogP contribution in [0.4, 0.5) is 0 Å². The maximum Gasteiger partial charge on any atom is 0.237 e. The fourth-order valence-electron chi connectivity index (χ4n) is 2.97. The Bertz CT molecular complexity index is 333. The molecular formula is C14H26N2O3. The van der Waals surface area contributed by atoms with Gasteiger partial charge in [0.2, 0.25) is 5.91 Å². The molecule has 1 heterocycles. The third-order valence-corrected chi connectivity index (χ3v) is 4.60. The summed E-state index contributed by atoms with van der Waals surface area (Å²) in [6.07, 6.45) is 2.07. The molecule has 19 heavy (non-hydrogen) atoms. The molecule has 1 aliphatic carbocycles. The molecule has 5 heteroatoms. The molecule has 2 rings (SSSR count). The first-order valence-corrected chi connectivity index (χ1v) is 7.17. The highest BCUT2D eigenvalue weighted by atomic mass is 16.5. The van der Waals surface area contributed by atoms with Crippen LogP contribution in [0.2, 0.25) is 0 Å². The van der Waals surface area contributed by atoms with Crippen LogP contribution in [0.15, 0.2) is 0 Å². The highest BCUT2D eigenvalue weighted by Crippen LogP contribution is 2.42. The second kappa shape index (κ2) is 5.77. The Balaban J connectivity index is 1.81. The number of methoxy groups -OCH3 is 1. The van der Waals surface area contributed by atoms with Crippen molar-refractivity contribution in [2.24, 2.45) is 5.41 Å². The van der Waals surface area contributed by atoms with E-state index >= 15 is 0 Å². The van der Waals surface area contributed by atoms with Crippen LogP contribution in [-0.4, -0.2) is 50.5 Å². The molecule has 5 nitrogen and oxygen atoms in total. The fraction of sp³-hybridized carbons (Fsp3) is 0.929. The SMILES string of the molecule is CCOC1CC(NC(=O)C2CC(OC)CN2)C1(C)C. The third-order valence-electron chi connectivity index (χ3n) is 4.60. The van der Waals surface area contributed by atoms with Crippen molar-refractivity contribution in [1.82, 2.24) is 10.6 Å². The number of hydrogen-bond acceptors (Lipinski definition) is 4. The number of hydrogen-bond donors (Lipinski definition) is 2. The smallest absolute Gasteiger partial charge is 0.237 e. The van der Waals surface area contributed by atoms with E-state index in [-0.39, 0.29) is 35.6 Å². The number of carbonyl (C=O) groups excluding carboxylic acids is 1. The van der Waals surface area contributed by atoms with Gasteiger partial charge in [-0.25, -0.2) is 0 Å². The van der Waals surface area contributed by atoms with E-state index in [9.17, 15) is 4.79 Å². The summed E-state index contributed by atoms with van der Waals surface area (Å²) >= 11 is 0. The van der Waals surface area contributed by atoms with Gasteiger partial charge in [0.05, 0.1) is 18.2 Å². The maximum atomic E-state index is 12.2. The predicted molar refractivity (Wildman–Crippen MR) is 72.9 cm³/mol. The molecule has 1 saturated carbocycles. The quantitative estimate of drug-likeness (QED) is 0.771. The van der Waals surface area contributed by atoms with E-state index in [0.29, 0.717) is 0 Å². The van der Waals surface area contributed by atoms with Gasteiger partial charge in [0.25, 0.3) is 0 Å². The molecule has 2 aliphatic rings. The predicted octanol–water partition coefficient (Wildman–Crippen LogP) is 0.683. The summed E-state index contributed by atoms with van der Waals surface area (Å²) < 4.78 is 10.9. The Hall–Kier alpha value is -0.650. The van der Waals surface area contributed by atoms with Crippen molar-refractivity contribution in [2.45, 2.75) is 57.9 Å². The van der Waals surface area contributed by atoms with Crippen LogP contribution < -0.4 is 10.6 Å². The van der Waals surface area contributed by atoms with Gasteiger partial charge in [-0.3, -0.25) is 4.79 Å². The second-order valence-electron chi connectivity index (χ2n) is 6.12. The lowest BCUT2D eigenvalue weighted by molar-refractivity contribution is -0.138. The number of nitrogens with one attached hydrogen (secondary N) is 2. The average Bonchev–Trinajstić information content (AvgIpc) is 2.86. The van der Waals surface area contributed by atoms with Gasteiger partial charge < -0.3 is 20.1 Å². The molecule has 0 aromatic heterocycles. The average molecular weight is 270 g/mol. The molecular weight excluding hydrogens is 244 g/mol. The van der Waals surface area contributed by atoms with Crippen molar-refractivity contribution in [3.63, 3.8) is 0 Å². The number of rotatable bonds is 5. The van der Waals surface area contributed by atoms with E-state index in [1.807, 2.05) is 6.92 Å². The van der Waals surface area contributed by atoms with E-state index in [4.69, 9.17) is 9.47 Å². The summed E-state index contributed by atoms with van der Waals surface area (Å²) in [5.74, 6) is 0.0903. The third kappa shape index (κ3) is 2.93. The molecule has 0 spiro atoms. The first-order valence-electron chi connectivity index (χ1n) is 7.17. The van der Waals surface area contributed by atoms with Gasteiger partial charge >= 0.3 is 0 Å². The van der Waals surface area contributed by atoms with Crippen LogP contribution in [0.1, 0.15) is 33.6 Å². The lowest BCUT2D eigenvalue weighted by Gasteiger charge is -2.51. The first kappa shape index (κ1) is 14.8. The first-order chi connectivity index (χ1) is 8.98. The zero-order chi connectivity index (χ0) is 14.0. The van der Waals surface area contributed by atoms with Crippen LogP contribution in [-0.2, 0) is 14.3 Å². The molecule has 1 saturated heterocycles. The lowest BCUT2D eigenvalue weighted by atomic mass is 9.64. The zero-order valence-corrected chi connectivity index (χ0v) is 12.4. The van der Waals surface area contributed by atoms with Gasteiger partial charge in [0.1, 0.15) is 0 Å². The minimum atomic E-state index is -0.119. The van der Waals surface area contributed by atoms with Crippen LogP contribution in [0.5, 0.6) is 0 Å². The van der Waals surface area contributed by atoms with Gasteiger partial charge in [-0.2, -0.15) is 0 Å². The summed E-state index contributed by atoms with van der Waals surface area (Å²) in [5, 5.41) is 6.35. The number of amides is 1. The largest absolute Gasteiger partial charge is 0.380 e. The molecule has 2 fully saturated rings. The van der Waals surface area contributed by atoms with E-state index in [1.165, 1.54) is 0 Å². The molecule has 0 aromatic rings. The van der Waals surface area contributed by atoms with Crippen molar-refractivity contribution in [3.8, 4) is 0 Å². The van der Waals surface area contributed by atoms with E-state index < -0.39 is 0 Å². The highest BCUT2D eigenvalue weighted by molar-refractivity contribution is 5.82. The second-order valence-corrected chi connectivity index (χ2v) is 6.12. The van der Waals surface area contributed by atoms with Crippen LogP contribution in [0.3, 0.4) is 0 Å². The van der Waals surface area contributed by atoms with Crippen LogP contribution in [0, 0.1) is 5.41 Å². The number of ether oxygens (including phenoxy) is 2. The van der Waals surface area contributed by atoms with Gasteiger partial charge in [0.15, 0.2) is 0 Å². The Morgan fingerprint density at radius 2 is 2.16 bits per heavy atom. The summed E-state index contributed by atoms with van der Waals surface area (Å²) in [6.45, 7) is 7.80. The van der Waals surface area contributed by atoms with Crippen molar-refractivity contribution in [3.05, 3.63) is 0 Å². The van der Waals surface area contributed by atoms with Gasteiger partial charge in [-0.1, -0.05) is 13.8 Å². The molecule has 1 aliphatic heterocycles. The Morgan fingerprint density at radius 3 is 2.68 bits per heavy atom. The number of carbonyl (C=O) groups is 1. The van der Waals surface area contributed by atoms with Gasteiger partial charge in [0, 0.05) is 31.7 Å². The van der Waals surface area contributed by atoms with Crippen LogP contribution in [0.25, 0.3) is 0 Å². The molecule has 4 atom stereocenters. The Labute approximate surface area is 115 Å². The Morgan fingerprint density at radius 1 is 1.42 bits per heavy atom. The lowest BCUT2D eigenvalue weighted by Crippen LogP contribution is -2.63. The maximum absolute atomic E-state index is 12.2. The highest BCUT2D eigenvalue weighted by Gasteiger charge is 2.50. The molecule has 0 radical (unpaired) electrons. The zero-order valence-electron chi connectivity index (χ0n) is 12.4. The molecule has 0 bridgehead atoms. The minimum absolute atomic E-state index is 0.0188. The van der Waals surface area contributed by atoms with E-state index in [1.54, 1.807) is 7.11 Å². The fourth-order valence-corrected chi connectivity index (χ4v) is 2.97. The minimum Gasteiger partial charge on any atom is -0.380 e. The van der Waals surface area contributed by atoms with Crippen molar-refractivity contribution >= 4 is 5.91 Å². The monoisotopic (exact) mass is 270 g/mol. The van der Waals surface area contributed by atoms with E-state index in [0.717, 1.165) is 26.0 Å². The summed E-state index contributed by atoms with van der Waals surface area (Å²) in [7, 11) is 1.69. The summed E-state index contributed by atoms with van der Waals surface area (Å²) in [6, 6.07) is 0.0897. The molecule has 0 aromatic carbocycles.